The summed E-state index contributed by atoms with van der Waals surface area (Å²) < 4.78 is 0. The average molecular weight is 719 g/mol. The Labute approximate surface area is 327 Å². The highest BCUT2D eigenvalue weighted by Crippen LogP contribution is 2.43. The molecule has 4 heteroatoms. The fourth-order valence-corrected chi connectivity index (χ4v) is 7.37. The molecule has 0 atom stereocenters. The molecule has 9 rings (SSSR count). The van der Waals surface area contributed by atoms with E-state index in [9.17, 15) is 0 Å². The number of hydrogen-bond donors (Lipinski definition) is 0. The Hall–Kier alpha value is -7.30. The van der Waals surface area contributed by atoms with E-state index in [0.717, 1.165) is 50.3 Å². The smallest absolute Gasteiger partial charge is 0.164 e. The first kappa shape index (κ1) is 34.5. The molecule has 0 spiro atoms. The van der Waals surface area contributed by atoms with Gasteiger partial charge in [-0.05, 0) is 82.1 Å². The lowest BCUT2D eigenvalue weighted by molar-refractivity contribution is 1.07. The molecule has 0 radical (unpaired) electrons. The van der Waals surface area contributed by atoms with E-state index < -0.39 is 0 Å². The molecule has 0 aliphatic carbocycles. The molecule has 0 amide bonds. The Morgan fingerprint density at radius 1 is 0.268 bits per heavy atom. The number of aryl methyl sites for hydroxylation is 2. The molecule has 2 heterocycles. The molecule has 0 aliphatic heterocycles. The van der Waals surface area contributed by atoms with E-state index in [1.807, 2.05) is 37.3 Å². The highest BCUT2D eigenvalue weighted by molar-refractivity contribution is 5.97. The number of benzene rings is 7. The van der Waals surface area contributed by atoms with Crippen molar-refractivity contribution in [3.8, 4) is 89.8 Å². The number of hydrogen-bond acceptors (Lipinski definition) is 4. The Bertz CT molecular complexity index is 2700. The van der Waals surface area contributed by atoms with Crippen LogP contribution in [-0.4, -0.2) is 19.9 Å². The van der Waals surface area contributed by atoms with Crippen LogP contribution < -0.4 is 0 Å². The van der Waals surface area contributed by atoms with Gasteiger partial charge in [0.2, 0.25) is 0 Å². The molecule has 0 bridgehead atoms. The molecule has 0 unspecified atom stereocenters. The molecular formula is C52H38N4. The second kappa shape index (κ2) is 15.2. The quantitative estimate of drug-likeness (QED) is 0.157. The van der Waals surface area contributed by atoms with Crippen molar-refractivity contribution in [1.29, 1.82) is 0 Å². The minimum absolute atomic E-state index is 0.623. The van der Waals surface area contributed by atoms with Gasteiger partial charge in [0.15, 0.2) is 17.5 Å². The van der Waals surface area contributed by atoms with E-state index >= 15 is 0 Å². The summed E-state index contributed by atoms with van der Waals surface area (Å²) in [7, 11) is 0. The summed E-state index contributed by atoms with van der Waals surface area (Å²) in [6.07, 6.45) is 0. The molecule has 4 nitrogen and oxygen atoms in total. The van der Waals surface area contributed by atoms with Gasteiger partial charge in [-0.25, -0.2) is 15.0 Å². The van der Waals surface area contributed by atoms with Crippen molar-refractivity contribution in [2.75, 3.05) is 0 Å². The first-order valence-electron chi connectivity index (χ1n) is 18.9. The van der Waals surface area contributed by atoms with Crippen molar-refractivity contribution >= 4 is 0 Å². The Kier molecular flexibility index (Phi) is 9.36. The summed E-state index contributed by atoms with van der Waals surface area (Å²) in [6, 6.07) is 68.0. The number of rotatable bonds is 8. The zero-order valence-electron chi connectivity index (χ0n) is 31.3. The van der Waals surface area contributed by atoms with Gasteiger partial charge in [-0.2, -0.15) is 0 Å². The maximum absolute atomic E-state index is 5.05. The van der Waals surface area contributed by atoms with Gasteiger partial charge in [-0.15, -0.1) is 0 Å². The first-order valence-corrected chi connectivity index (χ1v) is 18.9. The van der Waals surface area contributed by atoms with E-state index in [0.29, 0.717) is 17.5 Å². The van der Waals surface area contributed by atoms with E-state index in [4.69, 9.17) is 15.0 Å². The largest absolute Gasteiger partial charge is 0.258 e. The van der Waals surface area contributed by atoms with Crippen LogP contribution in [0.5, 0.6) is 0 Å². The standard InChI is InChI=1S/C52H38N4/c1-35-23-32-46(36(2)53-35)40-26-30-44(31-27-40)52-55-50(42-21-13-6-14-22-42)54-51(56-52)43-28-24-37(25-29-43)45-33-47(38-15-7-3-8-16-38)49(41-19-11-5-12-20-41)48(34-45)39-17-9-4-10-18-39/h3-34H,1-2H3. The number of pyridine rings is 1. The van der Waals surface area contributed by atoms with Gasteiger partial charge in [0.05, 0.1) is 0 Å². The van der Waals surface area contributed by atoms with Gasteiger partial charge >= 0.3 is 0 Å². The summed E-state index contributed by atoms with van der Waals surface area (Å²) in [5.41, 5.74) is 16.4. The van der Waals surface area contributed by atoms with Crippen LogP contribution in [0.2, 0.25) is 0 Å². The average Bonchev–Trinajstić information content (AvgIpc) is 3.27. The molecular weight excluding hydrogens is 681 g/mol. The van der Waals surface area contributed by atoms with Crippen LogP contribution in [-0.2, 0) is 0 Å². The summed E-state index contributed by atoms with van der Waals surface area (Å²) in [6.45, 7) is 4.07. The van der Waals surface area contributed by atoms with Crippen molar-refractivity contribution in [3.63, 3.8) is 0 Å². The van der Waals surface area contributed by atoms with Crippen molar-refractivity contribution < 1.29 is 0 Å². The van der Waals surface area contributed by atoms with Gasteiger partial charge in [0.25, 0.3) is 0 Å². The molecule has 2 aromatic heterocycles. The summed E-state index contributed by atoms with van der Waals surface area (Å²) in [4.78, 5) is 19.7. The molecule has 0 N–H and O–H groups in total. The third-order valence-electron chi connectivity index (χ3n) is 10.2. The SMILES string of the molecule is Cc1ccc(-c2ccc(-c3nc(-c4ccccc4)nc(-c4ccc(-c5cc(-c6ccccc6)c(-c6ccccc6)c(-c6ccccc6)c5)cc4)n3)cc2)c(C)n1. The molecule has 0 saturated carbocycles. The normalized spacial score (nSPS) is 11.0. The van der Waals surface area contributed by atoms with Crippen molar-refractivity contribution in [1.82, 2.24) is 19.9 Å². The minimum Gasteiger partial charge on any atom is -0.258 e. The van der Waals surface area contributed by atoms with E-state index in [-0.39, 0.29) is 0 Å². The molecule has 0 aliphatic rings. The Balaban J connectivity index is 1.14. The topological polar surface area (TPSA) is 51.6 Å². The first-order chi connectivity index (χ1) is 27.6. The maximum atomic E-state index is 5.05. The van der Waals surface area contributed by atoms with Crippen LogP contribution in [0, 0.1) is 13.8 Å². The predicted molar refractivity (Wildman–Crippen MR) is 231 cm³/mol. The lowest BCUT2D eigenvalue weighted by Crippen LogP contribution is -2.00. The lowest BCUT2D eigenvalue weighted by Gasteiger charge is -2.19. The molecule has 0 fully saturated rings. The van der Waals surface area contributed by atoms with Crippen LogP contribution in [0.3, 0.4) is 0 Å². The zero-order chi connectivity index (χ0) is 37.8. The Morgan fingerprint density at radius 2 is 0.625 bits per heavy atom. The Morgan fingerprint density at radius 3 is 1.07 bits per heavy atom. The highest BCUT2D eigenvalue weighted by Gasteiger charge is 2.18. The zero-order valence-corrected chi connectivity index (χ0v) is 31.3. The van der Waals surface area contributed by atoms with Crippen LogP contribution in [0.1, 0.15) is 11.4 Å². The van der Waals surface area contributed by atoms with Crippen LogP contribution in [0.15, 0.2) is 194 Å². The second-order valence-electron chi connectivity index (χ2n) is 14.0. The monoisotopic (exact) mass is 718 g/mol. The summed E-state index contributed by atoms with van der Waals surface area (Å²) in [5.74, 6) is 1.88. The van der Waals surface area contributed by atoms with Crippen molar-refractivity contribution in [2.24, 2.45) is 0 Å². The van der Waals surface area contributed by atoms with Crippen LogP contribution in [0.25, 0.3) is 89.8 Å². The van der Waals surface area contributed by atoms with Crippen LogP contribution >= 0.6 is 0 Å². The number of aromatic nitrogens is 4. The molecule has 9 aromatic rings. The molecule has 266 valence electrons. The highest BCUT2D eigenvalue weighted by atomic mass is 15.0. The van der Waals surface area contributed by atoms with E-state index in [1.165, 1.54) is 33.4 Å². The van der Waals surface area contributed by atoms with Gasteiger partial charge in [0.1, 0.15) is 0 Å². The lowest BCUT2D eigenvalue weighted by atomic mass is 9.84. The molecule has 7 aromatic carbocycles. The van der Waals surface area contributed by atoms with Gasteiger partial charge < -0.3 is 0 Å². The fraction of sp³-hybridized carbons (Fsp3) is 0.0385. The third kappa shape index (κ3) is 7.04. The van der Waals surface area contributed by atoms with Crippen molar-refractivity contribution in [2.45, 2.75) is 13.8 Å². The number of nitrogens with zero attached hydrogens (tertiary/aromatic N) is 4. The van der Waals surface area contributed by atoms with E-state index in [1.54, 1.807) is 0 Å². The third-order valence-corrected chi connectivity index (χ3v) is 10.2. The minimum atomic E-state index is 0.623. The van der Waals surface area contributed by atoms with Gasteiger partial charge in [-0.1, -0.05) is 176 Å². The predicted octanol–water partition coefficient (Wildman–Crippen LogP) is 13.2. The molecule has 0 saturated heterocycles. The van der Waals surface area contributed by atoms with Crippen LogP contribution in [0.4, 0.5) is 0 Å². The summed E-state index contributed by atoms with van der Waals surface area (Å²) in [5, 5.41) is 0. The summed E-state index contributed by atoms with van der Waals surface area (Å²) >= 11 is 0. The fourth-order valence-electron chi connectivity index (χ4n) is 7.37. The van der Waals surface area contributed by atoms with Gasteiger partial charge in [-0.3, -0.25) is 4.98 Å². The molecule has 56 heavy (non-hydrogen) atoms. The van der Waals surface area contributed by atoms with Crippen molar-refractivity contribution in [3.05, 3.63) is 206 Å². The maximum Gasteiger partial charge on any atom is 0.164 e. The van der Waals surface area contributed by atoms with Gasteiger partial charge in [0, 0.05) is 33.6 Å². The van der Waals surface area contributed by atoms with E-state index in [2.05, 4.69) is 176 Å². The second-order valence-corrected chi connectivity index (χ2v) is 14.0.